The van der Waals surface area contributed by atoms with Gasteiger partial charge in [0.05, 0.1) is 0 Å². The minimum absolute atomic E-state index is 0.126. The van der Waals surface area contributed by atoms with Gasteiger partial charge in [-0.1, -0.05) is 25.4 Å². The molecular formula is C21H27Cl2N6OPb. The molecule has 3 radical (unpaired) electrons. The first kappa shape index (κ1) is 23.4. The second-order valence-corrected chi connectivity index (χ2v) is 10.4. The number of fused-ring (bicyclic) bond motifs is 1. The summed E-state index contributed by atoms with van der Waals surface area (Å²) in [7, 11) is 0. The molecule has 2 aromatic rings. The van der Waals surface area contributed by atoms with E-state index in [1.807, 2.05) is 26.1 Å². The Bertz CT molecular complexity index is 934. The van der Waals surface area contributed by atoms with Gasteiger partial charge in [0.1, 0.15) is 0 Å². The fourth-order valence-electron chi connectivity index (χ4n) is 4.89. The Labute approximate surface area is 209 Å². The molecule has 2 aromatic heterocycles. The molecule has 7 nitrogen and oxygen atoms in total. The Morgan fingerprint density at radius 3 is 2.68 bits per heavy atom. The molecule has 165 valence electrons. The van der Waals surface area contributed by atoms with Gasteiger partial charge < -0.3 is 0 Å². The quantitative estimate of drug-likeness (QED) is 0.465. The second kappa shape index (κ2) is 9.61. The number of pyridine rings is 1. The number of rotatable bonds is 4. The Morgan fingerprint density at radius 1 is 1.23 bits per heavy atom. The molecule has 0 N–H and O–H groups in total. The van der Waals surface area contributed by atoms with Crippen LogP contribution in [-0.2, 0) is 6.54 Å². The van der Waals surface area contributed by atoms with Crippen molar-refractivity contribution in [1.82, 2.24) is 25.1 Å². The van der Waals surface area contributed by atoms with E-state index in [0.29, 0.717) is 16.9 Å². The van der Waals surface area contributed by atoms with Crippen molar-refractivity contribution in [2.24, 2.45) is 5.41 Å². The summed E-state index contributed by atoms with van der Waals surface area (Å²) >= 11 is 13.2. The average Bonchev–Trinajstić information content (AvgIpc) is 2.72. The number of aromatic nitrogens is 4. The fraction of sp³-hybridized carbons (Fsp3) is 0.619. The normalized spacial score (nSPS) is 22.1. The number of hydrogen-bond acceptors (Lipinski definition) is 7. The van der Waals surface area contributed by atoms with Gasteiger partial charge in [0, 0.05) is 0 Å². The van der Waals surface area contributed by atoms with Crippen LogP contribution in [0.5, 0.6) is 5.75 Å². The van der Waals surface area contributed by atoms with E-state index in [2.05, 4.69) is 36.9 Å². The zero-order chi connectivity index (χ0) is 22.2. The van der Waals surface area contributed by atoms with Crippen molar-refractivity contribution in [1.29, 1.82) is 0 Å². The summed E-state index contributed by atoms with van der Waals surface area (Å²) < 4.78 is 7.63. The molecule has 10 heteroatoms. The molecule has 1 atom stereocenters. The van der Waals surface area contributed by atoms with Gasteiger partial charge >= 0.3 is 148 Å². The third kappa shape index (κ3) is 4.65. The first-order valence-corrected chi connectivity index (χ1v) is 14.3. The molecule has 2 fully saturated rings. The molecule has 1 saturated carbocycles. The second-order valence-electron chi connectivity index (χ2n) is 8.44. The van der Waals surface area contributed by atoms with Crippen molar-refractivity contribution in [2.45, 2.75) is 52.2 Å². The molecule has 0 bridgehead atoms. The molecule has 1 spiro atoms. The number of hydrogen-bond donors (Lipinski definition) is 0. The Balaban J connectivity index is 0.00000112. The first-order chi connectivity index (χ1) is 15.0. The van der Waals surface area contributed by atoms with Crippen LogP contribution in [0.3, 0.4) is 0 Å². The van der Waals surface area contributed by atoms with Gasteiger partial charge in [-0.3, -0.25) is 0 Å². The monoisotopic (exact) mass is 657 g/mol. The molecule has 1 unspecified atom stereocenters. The minimum atomic E-state index is 0.126. The summed E-state index contributed by atoms with van der Waals surface area (Å²) in [4.78, 5) is 13.5. The summed E-state index contributed by atoms with van der Waals surface area (Å²) in [5.41, 5.74) is 2.78. The number of halogens is 2. The predicted octanol–water partition coefficient (Wildman–Crippen LogP) is 3.69. The van der Waals surface area contributed by atoms with Gasteiger partial charge in [-0.15, -0.1) is 10.2 Å². The maximum atomic E-state index is 6.45. The van der Waals surface area contributed by atoms with Crippen LogP contribution >= 0.6 is 23.2 Å². The van der Waals surface area contributed by atoms with Gasteiger partial charge in [0.25, 0.3) is 0 Å². The van der Waals surface area contributed by atoms with Crippen LogP contribution in [0.2, 0.25) is 10.4 Å². The number of ether oxygens (including phenoxy) is 1. The first-order valence-electron chi connectivity index (χ1n) is 10.8. The van der Waals surface area contributed by atoms with Crippen LogP contribution in [-0.4, -0.2) is 80.7 Å². The maximum absolute atomic E-state index is 6.45. The Hall–Kier alpha value is -0.778. The summed E-state index contributed by atoms with van der Waals surface area (Å²) in [6, 6.07) is 2.04. The van der Waals surface area contributed by atoms with Crippen molar-refractivity contribution < 1.29 is 4.74 Å². The van der Waals surface area contributed by atoms with Crippen LogP contribution in [0, 0.1) is 5.41 Å². The van der Waals surface area contributed by atoms with E-state index in [4.69, 9.17) is 27.9 Å². The number of anilines is 1. The summed E-state index contributed by atoms with van der Waals surface area (Å²) in [5, 5.41) is 7.96. The van der Waals surface area contributed by atoms with Crippen molar-refractivity contribution in [3.05, 3.63) is 34.0 Å². The van der Waals surface area contributed by atoms with E-state index in [-0.39, 0.29) is 16.8 Å². The zero-order valence-corrected chi connectivity index (χ0v) is 23.5. The standard InChI is InChI=1S/C19H21Cl2N6O.C2H6.Pb/c1-11-7-26(2)8-13-14(3-4-22-15(11)13)28-12-5-19(6-12)9-27(10-19)17-16(20)24-25-18(21)23-17;1-2;/h3-4,11-12H,2,5-10H2,1H3;1-2H3;. The molecule has 0 aromatic carbocycles. The van der Waals surface area contributed by atoms with Gasteiger partial charge in [-0.2, -0.15) is 4.98 Å². The van der Waals surface area contributed by atoms with Gasteiger partial charge in [0.15, 0.2) is 5.15 Å². The fourth-order valence-corrected chi connectivity index (χ4v) is 6.15. The molecule has 3 aliphatic rings. The summed E-state index contributed by atoms with van der Waals surface area (Å²) in [6.45, 7) is 10.1. The van der Waals surface area contributed by atoms with E-state index in [0.717, 1.165) is 44.8 Å². The molecule has 5 rings (SSSR count). The molecule has 31 heavy (non-hydrogen) atoms. The van der Waals surface area contributed by atoms with E-state index in [9.17, 15) is 0 Å². The van der Waals surface area contributed by atoms with Crippen LogP contribution in [0.25, 0.3) is 0 Å². The van der Waals surface area contributed by atoms with Crippen LogP contribution in [0.1, 0.15) is 50.8 Å². The Kier molecular flexibility index (Phi) is 7.25. The predicted molar refractivity (Wildman–Crippen MR) is 123 cm³/mol. The van der Waals surface area contributed by atoms with Crippen LogP contribution < -0.4 is 9.64 Å². The molecule has 4 heterocycles. The zero-order valence-electron chi connectivity index (χ0n) is 18.1. The third-order valence-electron chi connectivity index (χ3n) is 6.22. The molecule has 1 saturated heterocycles. The van der Waals surface area contributed by atoms with Crippen molar-refractivity contribution in [3.8, 4) is 5.75 Å². The molecule has 1 aliphatic carbocycles. The topological polar surface area (TPSA) is 67.3 Å². The van der Waals surface area contributed by atoms with Gasteiger partial charge in [-0.05, 0) is 11.6 Å². The summed E-state index contributed by atoms with van der Waals surface area (Å²) in [5.74, 6) is 2.11. The van der Waals surface area contributed by atoms with Gasteiger partial charge in [-0.25, -0.2) is 0 Å². The third-order valence-corrected chi connectivity index (χ3v) is 8.36. The van der Waals surface area contributed by atoms with Crippen molar-refractivity contribution >= 4 is 54.8 Å². The van der Waals surface area contributed by atoms with Crippen LogP contribution in [0.4, 0.5) is 5.82 Å². The van der Waals surface area contributed by atoms with E-state index in [1.165, 1.54) is 41.1 Å². The van der Waals surface area contributed by atoms with Gasteiger partial charge in [0.2, 0.25) is 5.28 Å². The SMILES string of the molecule is CC.CC1CN([CH2][Pb])Cc2c(OC3CC4(C3)CN(c3nc(Cl)nnc3Cl)C4)ccnc21. The molecule has 2 aliphatic heterocycles. The van der Waals surface area contributed by atoms with Crippen molar-refractivity contribution in [2.75, 3.05) is 28.6 Å². The molecule has 0 amide bonds. The summed E-state index contributed by atoms with van der Waals surface area (Å²) in [6.07, 6.45) is 4.25. The Morgan fingerprint density at radius 2 is 1.97 bits per heavy atom. The van der Waals surface area contributed by atoms with Crippen LogP contribution in [0.15, 0.2) is 12.3 Å². The average molecular weight is 658 g/mol. The molecular weight excluding hydrogens is 630 g/mol. The van der Waals surface area contributed by atoms with E-state index in [1.54, 1.807) is 0 Å². The van der Waals surface area contributed by atoms with E-state index >= 15 is 0 Å². The van der Waals surface area contributed by atoms with Crippen molar-refractivity contribution in [3.63, 3.8) is 0 Å². The van der Waals surface area contributed by atoms with E-state index < -0.39 is 0 Å². The number of nitrogens with zero attached hydrogens (tertiary/aromatic N) is 6.